The van der Waals surface area contributed by atoms with Gasteiger partial charge in [-0.1, -0.05) is 0 Å². The first-order chi connectivity index (χ1) is 13.2. The largest absolute Gasteiger partial charge is 0.476 e. The van der Waals surface area contributed by atoms with Crippen LogP contribution >= 0.6 is 0 Å². The Morgan fingerprint density at radius 3 is 2.63 bits per heavy atom. The van der Waals surface area contributed by atoms with Gasteiger partial charge in [-0.3, -0.25) is 0 Å². The van der Waals surface area contributed by atoms with E-state index in [1.807, 2.05) is 6.92 Å². The summed E-state index contributed by atoms with van der Waals surface area (Å²) in [6, 6.07) is 8.99. The van der Waals surface area contributed by atoms with Crippen molar-refractivity contribution >= 4 is 11.0 Å². The summed E-state index contributed by atoms with van der Waals surface area (Å²) in [5.74, 6) is 0.656. The molecular weight excluding hydrogens is 349 g/mol. The van der Waals surface area contributed by atoms with Gasteiger partial charge in [-0.05, 0) is 43.3 Å². The Balaban J connectivity index is 1.82. The number of hydrogen-bond donors (Lipinski definition) is 1. The van der Waals surface area contributed by atoms with Crippen molar-refractivity contribution in [1.29, 1.82) is 0 Å². The monoisotopic (exact) mass is 365 g/mol. The highest BCUT2D eigenvalue weighted by atomic mass is 19.1. The molecule has 0 amide bonds. The average Bonchev–Trinajstić information content (AvgIpc) is 3.22. The molecule has 0 aliphatic carbocycles. The normalized spacial score (nSPS) is 12.3. The van der Waals surface area contributed by atoms with E-state index in [1.54, 1.807) is 24.3 Å². The molecule has 2 N–H and O–H groups in total. The van der Waals surface area contributed by atoms with Crippen LogP contribution in [0.2, 0.25) is 0 Å². The predicted octanol–water partition coefficient (Wildman–Crippen LogP) is 3.27. The van der Waals surface area contributed by atoms with Crippen molar-refractivity contribution in [3.05, 3.63) is 66.4 Å². The zero-order chi connectivity index (χ0) is 18.8. The lowest BCUT2D eigenvalue weighted by Gasteiger charge is -2.12. The summed E-state index contributed by atoms with van der Waals surface area (Å²) in [7, 11) is 0. The lowest BCUT2D eigenvalue weighted by molar-refractivity contribution is 0.327. The molecule has 0 bridgehead atoms. The van der Waals surface area contributed by atoms with Gasteiger partial charge in [-0.15, -0.1) is 0 Å². The Hall–Kier alpha value is -3.39. The molecule has 3 heterocycles. The topological polar surface area (TPSA) is 100.0 Å². The third-order valence-corrected chi connectivity index (χ3v) is 3.94. The Morgan fingerprint density at radius 2 is 1.93 bits per heavy atom. The number of fused-ring (bicyclic) bond motifs is 1. The van der Waals surface area contributed by atoms with E-state index < -0.39 is 6.04 Å². The van der Waals surface area contributed by atoms with E-state index in [4.69, 9.17) is 14.9 Å². The first-order valence-electron chi connectivity index (χ1n) is 8.38. The van der Waals surface area contributed by atoms with E-state index in [9.17, 15) is 4.39 Å². The van der Waals surface area contributed by atoms with Gasteiger partial charge in [0.2, 0.25) is 11.8 Å². The van der Waals surface area contributed by atoms with Crippen molar-refractivity contribution in [3.8, 4) is 17.1 Å². The van der Waals surface area contributed by atoms with Crippen LogP contribution in [-0.4, -0.2) is 26.5 Å². The first kappa shape index (κ1) is 17.0. The van der Waals surface area contributed by atoms with Crippen LogP contribution < -0.4 is 10.5 Å². The number of pyridine rings is 1. The molecule has 7 nitrogen and oxygen atoms in total. The number of rotatable bonds is 5. The summed E-state index contributed by atoms with van der Waals surface area (Å²) in [5, 5.41) is 0. The number of oxazole rings is 1. The van der Waals surface area contributed by atoms with Crippen LogP contribution in [0.3, 0.4) is 0 Å². The van der Waals surface area contributed by atoms with Crippen LogP contribution in [0.1, 0.15) is 24.7 Å². The van der Waals surface area contributed by atoms with Crippen molar-refractivity contribution in [2.45, 2.75) is 13.0 Å². The van der Waals surface area contributed by atoms with Gasteiger partial charge < -0.3 is 14.9 Å². The van der Waals surface area contributed by atoms with E-state index in [-0.39, 0.29) is 5.82 Å². The van der Waals surface area contributed by atoms with Crippen molar-refractivity contribution in [2.75, 3.05) is 6.61 Å². The molecule has 1 aromatic carbocycles. The maximum atomic E-state index is 13.2. The number of nitrogens with two attached hydrogens (primary N) is 1. The molecule has 1 unspecified atom stereocenters. The van der Waals surface area contributed by atoms with E-state index >= 15 is 0 Å². The fourth-order valence-corrected chi connectivity index (χ4v) is 2.66. The third kappa shape index (κ3) is 3.34. The van der Waals surface area contributed by atoms with Gasteiger partial charge in [0.05, 0.1) is 24.0 Å². The number of aromatic nitrogens is 4. The lowest BCUT2D eigenvalue weighted by Crippen LogP contribution is -2.17. The summed E-state index contributed by atoms with van der Waals surface area (Å²) < 4.78 is 24.1. The molecule has 136 valence electrons. The number of halogens is 1. The molecule has 0 fully saturated rings. The first-order valence-corrected chi connectivity index (χ1v) is 8.38. The average molecular weight is 365 g/mol. The number of nitrogens with zero attached hydrogens (tertiary/aromatic N) is 4. The Kier molecular flexibility index (Phi) is 4.47. The quantitative estimate of drug-likeness (QED) is 0.579. The Bertz CT molecular complexity index is 1070. The highest BCUT2D eigenvalue weighted by molar-refractivity contribution is 5.82. The Morgan fingerprint density at radius 1 is 1.11 bits per heavy atom. The molecule has 0 saturated carbocycles. The van der Waals surface area contributed by atoms with Gasteiger partial charge in [-0.25, -0.2) is 19.3 Å². The molecule has 4 rings (SSSR count). The molecule has 0 aliphatic rings. The van der Waals surface area contributed by atoms with Crippen molar-refractivity contribution in [3.63, 3.8) is 0 Å². The SMILES string of the molecule is CCOc1nc(C(N)c2ncco2)nc2ccc(-c3ccc(F)cc3)nc12. The molecule has 1 atom stereocenters. The molecule has 0 radical (unpaired) electrons. The van der Waals surface area contributed by atoms with Crippen LogP contribution in [0, 0.1) is 5.82 Å². The van der Waals surface area contributed by atoms with Gasteiger partial charge in [0, 0.05) is 5.56 Å². The number of ether oxygens (including phenoxy) is 1. The molecule has 3 aromatic heterocycles. The summed E-state index contributed by atoms with van der Waals surface area (Å²) in [6.45, 7) is 2.26. The van der Waals surface area contributed by atoms with E-state index in [2.05, 4.69) is 19.9 Å². The zero-order valence-electron chi connectivity index (χ0n) is 14.5. The van der Waals surface area contributed by atoms with E-state index in [1.165, 1.54) is 24.6 Å². The zero-order valence-corrected chi connectivity index (χ0v) is 14.5. The summed E-state index contributed by atoms with van der Waals surface area (Å²) in [4.78, 5) is 17.6. The van der Waals surface area contributed by atoms with Crippen molar-refractivity contribution in [1.82, 2.24) is 19.9 Å². The Labute approximate surface area is 154 Å². The van der Waals surface area contributed by atoms with Gasteiger partial charge in [-0.2, -0.15) is 4.98 Å². The van der Waals surface area contributed by atoms with E-state index in [0.29, 0.717) is 40.9 Å². The number of benzene rings is 1. The second-order valence-corrected chi connectivity index (χ2v) is 5.74. The fraction of sp³-hybridized carbons (Fsp3) is 0.158. The molecule has 27 heavy (non-hydrogen) atoms. The fourth-order valence-electron chi connectivity index (χ4n) is 2.66. The maximum Gasteiger partial charge on any atom is 0.244 e. The van der Waals surface area contributed by atoms with Crippen LogP contribution in [0.25, 0.3) is 22.3 Å². The standard InChI is InChI=1S/C19H16FN5O2/c1-2-26-19-16-14(24-17(25-19)15(21)18-22-9-10-27-18)8-7-13(23-16)11-3-5-12(20)6-4-11/h3-10,15H,2,21H2,1H3. The minimum Gasteiger partial charge on any atom is -0.476 e. The minimum atomic E-state index is -0.722. The molecule has 4 aromatic rings. The van der Waals surface area contributed by atoms with Crippen LogP contribution in [-0.2, 0) is 0 Å². The summed E-state index contributed by atoms with van der Waals surface area (Å²) >= 11 is 0. The minimum absolute atomic E-state index is 0.303. The maximum absolute atomic E-state index is 13.2. The second kappa shape index (κ2) is 7.08. The van der Waals surface area contributed by atoms with E-state index in [0.717, 1.165) is 5.56 Å². The smallest absolute Gasteiger partial charge is 0.244 e. The van der Waals surface area contributed by atoms with Gasteiger partial charge in [0.25, 0.3) is 0 Å². The second-order valence-electron chi connectivity index (χ2n) is 5.74. The molecule has 8 heteroatoms. The molecule has 0 aliphatic heterocycles. The third-order valence-electron chi connectivity index (χ3n) is 3.94. The highest BCUT2D eigenvalue weighted by Gasteiger charge is 2.20. The number of hydrogen-bond acceptors (Lipinski definition) is 7. The molecular formula is C19H16FN5O2. The lowest BCUT2D eigenvalue weighted by atomic mass is 10.1. The van der Waals surface area contributed by atoms with Crippen LogP contribution in [0.5, 0.6) is 5.88 Å². The van der Waals surface area contributed by atoms with Gasteiger partial charge in [0.15, 0.2) is 11.3 Å². The van der Waals surface area contributed by atoms with Gasteiger partial charge >= 0.3 is 0 Å². The van der Waals surface area contributed by atoms with Crippen molar-refractivity contribution < 1.29 is 13.5 Å². The summed E-state index contributed by atoms with van der Waals surface area (Å²) in [5.41, 5.74) is 8.68. The highest BCUT2D eigenvalue weighted by Crippen LogP contribution is 2.27. The summed E-state index contributed by atoms with van der Waals surface area (Å²) in [6.07, 6.45) is 2.95. The predicted molar refractivity (Wildman–Crippen MR) is 96.4 cm³/mol. The van der Waals surface area contributed by atoms with Crippen LogP contribution in [0.4, 0.5) is 4.39 Å². The molecule has 0 saturated heterocycles. The van der Waals surface area contributed by atoms with Gasteiger partial charge in [0.1, 0.15) is 18.1 Å². The van der Waals surface area contributed by atoms with Crippen LogP contribution in [0.15, 0.2) is 53.3 Å². The van der Waals surface area contributed by atoms with Crippen molar-refractivity contribution in [2.24, 2.45) is 5.73 Å². The molecule has 0 spiro atoms.